The minimum Gasteiger partial charge on any atom is -0.455 e. The van der Waals surface area contributed by atoms with Gasteiger partial charge >= 0.3 is 12.1 Å². The fourth-order valence-corrected chi connectivity index (χ4v) is 8.49. The number of hydrogen-bond donors (Lipinski definition) is 2. The number of esters is 1. The number of aliphatic hydroxyl groups is 1. The lowest BCUT2D eigenvalue weighted by Crippen LogP contribution is -2.61. The van der Waals surface area contributed by atoms with Gasteiger partial charge in [0.15, 0.2) is 17.7 Å². The Morgan fingerprint density at radius 3 is 2.42 bits per heavy atom. The molecule has 3 saturated heterocycles. The van der Waals surface area contributed by atoms with E-state index in [9.17, 15) is 24.3 Å². The number of amides is 1. The van der Waals surface area contributed by atoms with Crippen LogP contribution in [0.2, 0.25) is 0 Å². The number of nitrogens with zero attached hydrogens (tertiary/aromatic N) is 6. The molecule has 18 heteroatoms. The molecule has 0 spiro atoms. The van der Waals surface area contributed by atoms with E-state index in [2.05, 4.69) is 20.4 Å². The van der Waals surface area contributed by atoms with Gasteiger partial charge in [-0.2, -0.15) is 4.80 Å². The standard InChI is InChI=1S/C39H56FN7O10/c1-10-27-39(8)30(46(36(52)57-39)17-13-14-18-47-44-33(43-45-47)26-15-11-12-16-42-26)23(4)28(48)21(2)20-37(6,53-9)32(24(5)31(50)38(7,40)35(51)55-27)56-34-29(49)25(41)19-22(3)54-34/h11-16,21-25,27,29-30,32,34,49H,10,17-20,41H2,1-9H3/b14-13+/t21-,22-,23+,24+,25?,27-,29?,30-,32-,34+,37-,38+,39-/m1/s1. The SMILES string of the molecule is CC[C@H]1OC(=O)[C@@](C)(F)C(=O)[C@H](C)[C@@H](O[C@@H]2O[C@H](C)CC(N)C2O)[C@](C)(OC)C[C@@H](C)C(=O)[C@H](C)[C@H]2N(C/C=C/Cn3nnc(-c4ccccn4)n3)C(=O)O[C@]12C. The minimum absolute atomic E-state index is 0.0237. The van der Waals surface area contributed by atoms with Crippen molar-refractivity contribution in [3.05, 3.63) is 36.5 Å². The summed E-state index contributed by atoms with van der Waals surface area (Å²) >= 11 is 0. The number of ether oxygens (including phenoxy) is 5. The Kier molecular flexibility index (Phi) is 13.3. The van der Waals surface area contributed by atoms with Crippen molar-refractivity contribution >= 4 is 23.6 Å². The average Bonchev–Trinajstić information content (AvgIpc) is 3.76. The fraction of sp³-hybridized carbons (Fsp3) is 0.692. The summed E-state index contributed by atoms with van der Waals surface area (Å²) in [5.41, 5.74) is 0.375. The number of aromatic nitrogens is 5. The highest BCUT2D eigenvalue weighted by Gasteiger charge is 2.61. The van der Waals surface area contributed by atoms with Crippen LogP contribution >= 0.6 is 0 Å². The molecule has 0 radical (unpaired) electrons. The first kappa shape index (κ1) is 43.9. The lowest BCUT2D eigenvalue weighted by Gasteiger charge is -2.46. The molecule has 5 heterocycles. The zero-order valence-corrected chi connectivity index (χ0v) is 34.0. The van der Waals surface area contributed by atoms with Crippen LogP contribution in [0.15, 0.2) is 36.5 Å². The molecule has 0 aromatic carbocycles. The highest BCUT2D eigenvalue weighted by atomic mass is 19.1. The Morgan fingerprint density at radius 2 is 1.77 bits per heavy atom. The minimum atomic E-state index is -3.21. The zero-order valence-electron chi connectivity index (χ0n) is 34.0. The first-order valence-corrected chi connectivity index (χ1v) is 19.4. The number of hydrogen-bond acceptors (Lipinski definition) is 15. The third-order valence-electron chi connectivity index (χ3n) is 11.7. The lowest BCUT2D eigenvalue weighted by atomic mass is 9.73. The van der Waals surface area contributed by atoms with Crippen LogP contribution in [0.25, 0.3) is 11.5 Å². The number of carbonyl (C=O) groups excluding carboxylic acids is 4. The first-order valence-electron chi connectivity index (χ1n) is 19.4. The Labute approximate surface area is 331 Å². The van der Waals surface area contributed by atoms with Crippen LogP contribution in [0.5, 0.6) is 0 Å². The van der Waals surface area contributed by atoms with Crippen molar-refractivity contribution in [2.24, 2.45) is 23.5 Å². The van der Waals surface area contributed by atoms with E-state index in [1.54, 1.807) is 72.0 Å². The number of carbonyl (C=O) groups is 4. The molecule has 3 aliphatic heterocycles. The second kappa shape index (κ2) is 17.3. The van der Waals surface area contributed by atoms with Gasteiger partial charge < -0.3 is 34.5 Å². The molecule has 3 aliphatic rings. The maximum atomic E-state index is 16.8. The molecule has 17 nitrogen and oxygen atoms in total. The van der Waals surface area contributed by atoms with Gasteiger partial charge in [0, 0.05) is 43.6 Å². The van der Waals surface area contributed by atoms with Gasteiger partial charge in [-0.25, -0.2) is 14.0 Å². The van der Waals surface area contributed by atoms with Crippen molar-refractivity contribution in [3.8, 4) is 11.5 Å². The zero-order chi connectivity index (χ0) is 42.0. The normalized spacial score (nSPS) is 38.5. The molecular weight excluding hydrogens is 745 g/mol. The number of fused-ring (bicyclic) bond motifs is 1. The molecule has 3 fully saturated rings. The van der Waals surface area contributed by atoms with E-state index in [4.69, 9.17) is 29.4 Å². The van der Waals surface area contributed by atoms with Crippen LogP contribution in [0.4, 0.5) is 9.18 Å². The molecule has 5 rings (SSSR count). The number of halogens is 1. The van der Waals surface area contributed by atoms with E-state index in [0.29, 0.717) is 17.9 Å². The molecule has 2 aromatic heterocycles. The summed E-state index contributed by atoms with van der Waals surface area (Å²) in [6.07, 6.45) is -1.11. The quantitative estimate of drug-likeness (QED) is 0.212. The molecular formula is C39H56FN7O10. The topological polar surface area (TPSA) is 220 Å². The predicted molar refractivity (Wildman–Crippen MR) is 201 cm³/mol. The van der Waals surface area contributed by atoms with Crippen LogP contribution in [0, 0.1) is 17.8 Å². The highest BCUT2D eigenvalue weighted by Crippen LogP contribution is 2.43. The predicted octanol–water partition coefficient (Wildman–Crippen LogP) is 2.98. The summed E-state index contributed by atoms with van der Waals surface area (Å²) in [6, 6.07) is 3.60. The third-order valence-corrected chi connectivity index (χ3v) is 11.7. The number of methoxy groups -OCH3 is 1. The molecule has 57 heavy (non-hydrogen) atoms. The van der Waals surface area contributed by atoms with Crippen molar-refractivity contribution in [1.29, 1.82) is 0 Å². The van der Waals surface area contributed by atoms with Gasteiger partial charge in [-0.05, 0) is 64.3 Å². The van der Waals surface area contributed by atoms with Crippen LogP contribution in [-0.2, 0) is 44.6 Å². The van der Waals surface area contributed by atoms with E-state index in [0.717, 1.165) is 6.92 Å². The summed E-state index contributed by atoms with van der Waals surface area (Å²) in [5.74, 6) is -5.74. The maximum absolute atomic E-state index is 16.8. The van der Waals surface area contributed by atoms with Crippen molar-refractivity contribution in [1.82, 2.24) is 30.1 Å². The molecule has 0 saturated carbocycles. The van der Waals surface area contributed by atoms with E-state index >= 15 is 4.39 Å². The number of tetrazole rings is 1. The van der Waals surface area contributed by atoms with Crippen LogP contribution in [0.3, 0.4) is 0 Å². The largest absolute Gasteiger partial charge is 0.455 e. The second-order valence-electron chi connectivity index (χ2n) is 16.0. The van der Waals surface area contributed by atoms with E-state index in [1.807, 2.05) is 6.07 Å². The lowest BCUT2D eigenvalue weighted by molar-refractivity contribution is -0.288. The number of rotatable bonds is 9. The molecule has 314 valence electrons. The number of Topliss-reactive ketones (excluding diaryl/α,β-unsaturated/α-hetero) is 2. The Balaban J connectivity index is 1.48. The Hall–Kier alpha value is -4.23. The summed E-state index contributed by atoms with van der Waals surface area (Å²) in [7, 11) is 1.36. The first-order chi connectivity index (χ1) is 26.8. The summed E-state index contributed by atoms with van der Waals surface area (Å²) < 4.78 is 46.7. The van der Waals surface area contributed by atoms with E-state index < -0.39 is 95.3 Å². The monoisotopic (exact) mass is 801 g/mol. The number of pyridine rings is 1. The molecule has 2 unspecified atom stereocenters. The van der Waals surface area contributed by atoms with Gasteiger partial charge in [-0.1, -0.05) is 45.9 Å². The number of ketones is 2. The Morgan fingerprint density at radius 1 is 1.07 bits per heavy atom. The van der Waals surface area contributed by atoms with Gasteiger partial charge in [0.05, 0.1) is 30.4 Å². The van der Waals surface area contributed by atoms with Crippen LogP contribution in [0.1, 0.15) is 74.7 Å². The van der Waals surface area contributed by atoms with Gasteiger partial charge in [0.25, 0.3) is 5.67 Å². The molecule has 2 aromatic rings. The number of aliphatic hydroxyl groups excluding tert-OH is 1. The molecule has 0 aliphatic carbocycles. The van der Waals surface area contributed by atoms with Crippen molar-refractivity contribution in [2.45, 2.75) is 141 Å². The van der Waals surface area contributed by atoms with Gasteiger partial charge in [0.1, 0.15) is 23.7 Å². The highest BCUT2D eigenvalue weighted by molar-refractivity contribution is 6.08. The molecule has 3 N–H and O–H groups in total. The summed E-state index contributed by atoms with van der Waals surface area (Å²) in [6.45, 7) is 12.3. The Bertz CT molecular complexity index is 1800. The molecule has 0 bridgehead atoms. The van der Waals surface area contributed by atoms with Gasteiger partial charge in [0.2, 0.25) is 5.82 Å². The third kappa shape index (κ3) is 8.79. The van der Waals surface area contributed by atoms with Crippen molar-refractivity contribution in [2.75, 3.05) is 13.7 Å². The number of alkyl halides is 1. The average molecular weight is 802 g/mol. The van der Waals surface area contributed by atoms with Crippen molar-refractivity contribution < 1.29 is 52.4 Å². The van der Waals surface area contributed by atoms with Crippen LogP contribution < -0.4 is 5.73 Å². The smallest absolute Gasteiger partial charge is 0.411 e. The number of cyclic esters (lactones) is 1. The number of allylic oxidation sites excluding steroid dienone is 1. The van der Waals surface area contributed by atoms with Gasteiger partial charge in [-0.3, -0.25) is 19.5 Å². The summed E-state index contributed by atoms with van der Waals surface area (Å²) in [5, 5.41) is 23.4. The number of nitrogens with two attached hydrogens (primary N) is 1. The molecule has 1 amide bonds. The van der Waals surface area contributed by atoms with Crippen LogP contribution in [-0.4, -0.2) is 132 Å². The van der Waals surface area contributed by atoms with E-state index in [1.165, 1.54) is 23.7 Å². The second-order valence-corrected chi connectivity index (χ2v) is 16.0. The molecule has 13 atom stereocenters. The van der Waals surface area contributed by atoms with Gasteiger partial charge in [-0.15, -0.1) is 10.2 Å². The van der Waals surface area contributed by atoms with Crippen molar-refractivity contribution in [3.63, 3.8) is 0 Å². The summed E-state index contributed by atoms with van der Waals surface area (Å²) in [4.78, 5) is 63.2. The maximum Gasteiger partial charge on any atom is 0.411 e. The van der Waals surface area contributed by atoms with E-state index in [-0.39, 0.29) is 31.7 Å². The fourth-order valence-electron chi connectivity index (χ4n) is 8.49.